The second kappa shape index (κ2) is 3.73. The lowest BCUT2D eigenvalue weighted by atomic mass is 9.95. The lowest BCUT2D eigenvalue weighted by Crippen LogP contribution is -2.46. The molecule has 1 aliphatic rings. The molecule has 0 radical (unpaired) electrons. The summed E-state index contributed by atoms with van der Waals surface area (Å²) >= 11 is 0. The van der Waals surface area contributed by atoms with E-state index in [-0.39, 0.29) is 0 Å². The molecule has 0 aliphatic carbocycles. The number of nitrogens with zero attached hydrogens (tertiary/aromatic N) is 3. The Hall–Kier alpha value is -1.23. The van der Waals surface area contributed by atoms with Crippen LogP contribution in [0.1, 0.15) is 19.8 Å². The quantitative estimate of drug-likeness (QED) is 0.703. The van der Waals surface area contributed by atoms with Gasteiger partial charge >= 0.3 is 0 Å². The molecular formula is C10H14FN3O. The molecule has 1 saturated heterocycles. The number of hydrogen-bond acceptors (Lipinski definition) is 4. The zero-order valence-corrected chi connectivity index (χ0v) is 8.65. The summed E-state index contributed by atoms with van der Waals surface area (Å²) in [4.78, 5) is 9.28. The highest BCUT2D eigenvalue weighted by Gasteiger charge is 2.29. The Balaban J connectivity index is 2.17. The van der Waals surface area contributed by atoms with Gasteiger partial charge in [-0.2, -0.15) is 4.39 Å². The first kappa shape index (κ1) is 10.3. The van der Waals surface area contributed by atoms with Gasteiger partial charge in [0.05, 0.1) is 5.60 Å². The van der Waals surface area contributed by atoms with Crippen molar-refractivity contribution >= 4 is 5.82 Å². The molecule has 82 valence electrons. The molecule has 0 saturated carbocycles. The minimum absolute atomic E-state index is 0.490. The Morgan fingerprint density at radius 1 is 1.53 bits per heavy atom. The van der Waals surface area contributed by atoms with Crippen LogP contribution in [-0.4, -0.2) is 33.8 Å². The van der Waals surface area contributed by atoms with Crippen molar-refractivity contribution in [2.75, 3.05) is 18.0 Å². The van der Waals surface area contributed by atoms with Crippen molar-refractivity contribution in [1.82, 2.24) is 9.97 Å². The van der Waals surface area contributed by atoms with Crippen molar-refractivity contribution < 1.29 is 9.50 Å². The van der Waals surface area contributed by atoms with Crippen LogP contribution in [-0.2, 0) is 0 Å². The normalized spacial score (nSPS) is 26.7. The summed E-state index contributed by atoms with van der Waals surface area (Å²) in [6.45, 7) is 3.08. The van der Waals surface area contributed by atoms with Gasteiger partial charge in [-0.15, -0.1) is 0 Å². The van der Waals surface area contributed by atoms with Crippen LogP contribution in [0, 0.1) is 5.95 Å². The molecule has 1 aromatic rings. The maximum Gasteiger partial charge on any atom is 0.218 e. The highest BCUT2D eigenvalue weighted by molar-refractivity contribution is 5.38. The molecule has 1 fully saturated rings. The molecule has 0 amide bonds. The standard InChI is InChI=1S/C10H14FN3O/c1-10(15)3-2-4-14(6-10)9-5-8(11)12-7-13-9/h5,7,15H,2-4,6H2,1H3. The fourth-order valence-corrected chi connectivity index (χ4v) is 1.91. The molecule has 1 aliphatic heterocycles. The van der Waals surface area contributed by atoms with Crippen LogP contribution >= 0.6 is 0 Å². The van der Waals surface area contributed by atoms with Crippen LogP contribution in [0.15, 0.2) is 12.4 Å². The summed E-state index contributed by atoms with van der Waals surface area (Å²) in [5.41, 5.74) is -0.709. The minimum Gasteiger partial charge on any atom is -0.388 e. The van der Waals surface area contributed by atoms with Crippen LogP contribution in [0.25, 0.3) is 0 Å². The van der Waals surface area contributed by atoms with Crippen molar-refractivity contribution in [2.45, 2.75) is 25.4 Å². The zero-order chi connectivity index (χ0) is 10.9. The predicted molar refractivity (Wildman–Crippen MR) is 54.1 cm³/mol. The summed E-state index contributed by atoms with van der Waals surface area (Å²) in [5, 5.41) is 9.90. The number of halogens is 1. The van der Waals surface area contributed by atoms with E-state index in [1.165, 1.54) is 12.4 Å². The van der Waals surface area contributed by atoms with Crippen LogP contribution in [0.2, 0.25) is 0 Å². The third kappa shape index (κ3) is 2.41. The van der Waals surface area contributed by atoms with Gasteiger partial charge in [0.15, 0.2) is 0 Å². The van der Waals surface area contributed by atoms with Gasteiger partial charge in [0.25, 0.3) is 0 Å². The van der Waals surface area contributed by atoms with Gasteiger partial charge in [-0.1, -0.05) is 0 Å². The summed E-state index contributed by atoms with van der Waals surface area (Å²) in [7, 11) is 0. The van der Waals surface area contributed by atoms with Crippen molar-refractivity contribution in [3.8, 4) is 0 Å². The molecule has 0 aromatic carbocycles. The summed E-state index contributed by atoms with van der Waals surface area (Å²) < 4.78 is 12.9. The average Bonchev–Trinajstić information content (AvgIpc) is 2.16. The van der Waals surface area contributed by atoms with E-state index in [0.29, 0.717) is 12.4 Å². The first-order valence-corrected chi connectivity index (χ1v) is 5.02. The Kier molecular flexibility index (Phi) is 2.56. The molecule has 1 unspecified atom stereocenters. The molecule has 1 N–H and O–H groups in total. The van der Waals surface area contributed by atoms with Crippen LogP contribution in [0.4, 0.5) is 10.2 Å². The third-order valence-corrected chi connectivity index (χ3v) is 2.62. The molecule has 4 nitrogen and oxygen atoms in total. The number of β-amino-alcohol motifs (C(OH)–C–C–N with tert-alkyl or cyclic N) is 1. The highest BCUT2D eigenvalue weighted by Crippen LogP contribution is 2.23. The van der Waals surface area contributed by atoms with Gasteiger partial charge in [0, 0.05) is 19.2 Å². The zero-order valence-electron chi connectivity index (χ0n) is 8.65. The fourth-order valence-electron chi connectivity index (χ4n) is 1.91. The SMILES string of the molecule is CC1(O)CCCN(c2cc(F)ncn2)C1. The predicted octanol–water partition coefficient (Wildman–Crippen LogP) is 0.967. The number of hydrogen-bond donors (Lipinski definition) is 1. The van der Waals surface area contributed by atoms with Gasteiger partial charge < -0.3 is 10.0 Å². The maximum absolute atomic E-state index is 12.9. The monoisotopic (exact) mass is 211 g/mol. The van der Waals surface area contributed by atoms with E-state index in [1.807, 2.05) is 4.90 Å². The Morgan fingerprint density at radius 3 is 3.00 bits per heavy atom. The van der Waals surface area contributed by atoms with Gasteiger partial charge in [-0.3, -0.25) is 0 Å². The molecule has 2 heterocycles. The summed E-state index contributed by atoms with van der Waals surface area (Å²) in [6, 6.07) is 1.29. The van der Waals surface area contributed by atoms with Crippen molar-refractivity contribution in [1.29, 1.82) is 0 Å². The highest BCUT2D eigenvalue weighted by atomic mass is 19.1. The molecule has 1 aromatic heterocycles. The van der Waals surface area contributed by atoms with E-state index in [9.17, 15) is 9.50 Å². The van der Waals surface area contributed by atoms with E-state index in [1.54, 1.807) is 6.92 Å². The molecule has 0 bridgehead atoms. The van der Waals surface area contributed by atoms with Crippen molar-refractivity contribution in [2.24, 2.45) is 0 Å². The van der Waals surface area contributed by atoms with E-state index >= 15 is 0 Å². The second-order valence-corrected chi connectivity index (χ2v) is 4.22. The number of aliphatic hydroxyl groups is 1. The molecule has 15 heavy (non-hydrogen) atoms. The molecule has 5 heteroatoms. The van der Waals surface area contributed by atoms with E-state index in [2.05, 4.69) is 9.97 Å². The third-order valence-electron chi connectivity index (χ3n) is 2.62. The second-order valence-electron chi connectivity index (χ2n) is 4.22. The number of anilines is 1. The molecule has 2 rings (SSSR count). The lowest BCUT2D eigenvalue weighted by Gasteiger charge is -2.37. The molecule has 0 spiro atoms. The number of aromatic nitrogens is 2. The first-order valence-electron chi connectivity index (χ1n) is 5.02. The van der Waals surface area contributed by atoms with Crippen LogP contribution < -0.4 is 4.90 Å². The van der Waals surface area contributed by atoms with E-state index < -0.39 is 11.5 Å². The largest absolute Gasteiger partial charge is 0.388 e. The first-order chi connectivity index (χ1) is 7.07. The van der Waals surface area contributed by atoms with Gasteiger partial charge in [-0.25, -0.2) is 9.97 Å². The van der Waals surface area contributed by atoms with Gasteiger partial charge in [-0.05, 0) is 19.8 Å². The van der Waals surface area contributed by atoms with Crippen LogP contribution in [0.3, 0.4) is 0 Å². The summed E-state index contributed by atoms with van der Waals surface area (Å²) in [6.07, 6.45) is 2.86. The topological polar surface area (TPSA) is 49.2 Å². The molecule has 1 atom stereocenters. The van der Waals surface area contributed by atoms with E-state index in [0.717, 1.165) is 19.4 Å². The number of piperidine rings is 1. The minimum atomic E-state index is -0.709. The number of rotatable bonds is 1. The Bertz CT molecular complexity index is 356. The van der Waals surface area contributed by atoms with Crippen molar-refractivity contribution in [3.63, 3.8) is 0 Å². The Labute approximate surface area is 87.8 Å². The lowest BCUT2D eigenvalue weighted by molar-refractivity contribution is 0.0447. The van der Waals surface area contributed by atoms with Gasteiger partial charge in [0.2, 0.25) is 5.95 Å². The Morgan fingerprint density at radius 2 is 2.33 bits per heavy atom. The van der Waals surface area contributed by atoms with Gasteiger partial charge in [0.1, 0.15) is 12.1 Å². The van der Waals surface area contributed by atoms with E-state index in [4.69, 9.17) is 0 Å². The van der Waals surface area contributed by atoms with Crippen molar-refractivity contribution in [3.05, 3.63) is 18.3 Å². The summed E-state index contributed by atoms with van der Waals surface area (Å²) in [5.74, 6) is 0.00712. The average molecular weight is 211 g/mol. The molecular weight excluding hydrogens is 197 g/mol. The van der Waals surface area contributed by atoms with Crippen LogP contribution in [0.5, 0.6) is 0 Å². The smallest absolute Gasteiger partial charge is 0.218 e. The maximum atomic E-state index is 12.9. The fraction of sp³-hybridized carbons (Fsp3) is 0.600.